The number of aromatic nitrogens is 5. The summed E-state index contributed by atoms with van der Waals surface area (Å²) < 4.78 is 7.34. The van der Waals surface area contributed by atoms with Gasteiger partial charge in [0.25, 0.3) is 0 Å². The second-order valence-corrected chi connectivity index (χ2v) is 5.10. The molecule has 106 valence electrons. The molecule has 0 radical (unpaired) electrons. The van der Waals surface area contributed by atoms with E-state index in [-0.39, 0.29) is 11.3 Å². The Kier molecular flexibility index (Phi) is 4.03. The van der Waals surface area contributed by atoms with E-state index in [0.29, 0.717) is 11.7 Å². The molecular formula is C13H10ClN5OS. The van der Waals surface area contributed by atoms with Gasteiger partial charge >= 0.3 is 6.01 Å². The standard InChI is InChI=1S/C13H10ClN5OS/c1-21-10-5-3-2-4-9(10)20-13-17-11(14)16-12(18-13)19-7-6-15-8-19/h2-8H,1H3. The highest BCUT2D eigenvalue weighted by atomic mass is 35.5. The van der Waals surface area contributed by atoms with Crippen LogP contribution in [0.2, 0.25) is 5.28 Å². The number of hydrogen-bond donors (Lipinski definition) is 0. The molecule has 2 aromatic heterocycles. The van der Waals surface area contributed by atoms with Gasteiger partial charge in [0.2, 0.25) is 11.2 Å². The number of para-hydroxylation sites is 1. The minimum Gasteiger partial charge on any atom is -0.423 e. The summed E-state index contributed by atoms with van der Waals surface area (Å²) in [6.45, 7) is 0. The third-order valence-corrected chi connectivity index (χ3v) is 3.53. The fraction of sp³-hybridized carbons (Fsp3) is 0.0769. The zero-order valence-corrected chi connectivity index (χ0v) is 12.5. The van der Waals surface area contributed by atoms with Crippen LogP contribution in [0.15, 0.2) is 47.9 Å². The molecule has 0 atom stereocenters. The van der Waals surface area contributed by atoms with Crippen molar-refractivity contribution in [2.24, 2.45) is 0 Å². The molecular weight excluding hydrogens is 310 g/mol. The summed E-state index contributed by atoms with van der Waals surface area (Å²) in [6, 6.07) is 7.77. The molecule has 1 aromatic carbocycles. The van der Waals surface area contributed by atoms with Crippen molar-refractivity contribution in [2.75, 3.05) is 6.26 Å². The van der Waals surface area contributed by atoms with Crippen LogP contribution in [0, 0.1) is 0 Å². The van der Waals surface area contributed by atoms with Gasteiger partial charge in [-0.25, -0.2) is 4.98 Å². The summed E-state index contributed by atoms with van der Waals surface area (Å²) in [4.78, 5) is 17.2. The maximum absolute atomic E-state index is 5.93. The third-order valence-electron chi connectivity index (χ3n) is 2.58. The molecule has 3 rings (SSSR count). The van der Waals surface area contributed by atoms with E-state index in [1.165, 1.54) is 0 Å². The van der Waals surface area contributed by atoms with Crippen molar-refractivity contribution in [3.05, 3.63) is 48.3 Å². The molecule has 0 spiro atoms. The summed E-state index contributed by atoms with van der Waals surface area (Å²) in [5.41, 5.74) is 0. The van der Waals surface area contributed by atoms with Gasteiger partial charge in [0.05, 0.1) is 0 Å². The van der Waals surface area contributed by atoms with Crippen LogP contribution in [0.4, 0.5) is 0 Å². The Bertz CT molecular complexity index is 750. The van der Waals surface area contributed by atoms with E-state index in [0.717, 1.165) is 4.90 Å². The molecule has 6 nitrogen and oxygen atoms in total. The second kappa shape index (κ2) is 6.11. The van der Waals surface area contributed by atoms with Gasteiger partial charge in [-0.2, -0.15) is 15.0 Å². The largest absolute Gasteiger partial charge is 0.423 e. The highest BCUT2D eigenvalue weighted by Crippen LogP contribution is 2.30. The normalized spacial score (nSPS) is 10.6. The van der Waals surface area contributed by atoms with Crippen molar-refractivity contribution in [3.63, 3.8) is 0 Å². The summed E-state index contributed by atoms with van der Waals surface area (Å²) in [5.74, 6) is 1.02. The first-order valence-electron chi connectivity index (χ1n) is 5.97. The van der Waals surface area contributed by atoms with E-state index in [1.54, 1.807) is 35.0 Å². The topological polar surface area (TPSA) is 65.7 Å². The number of nitrogens with zero attached hydrogens (tertiary/aromatic N) is 5. The first kappa shape index (κ1) is 13.8. The van der Waals surface area contributed by atoms with Gasteiger partial charge in [-0.1, -0.05) is 12.1 Å². The highest BCUT2D eigenvalue weighted by Gasteiger charge is 2.10. The summed E-state index contributed by atoms with van der Waals surface area (Å²) >= 11 is 7.50. The lowest BCUT2D eigenvalue weighted by Gasteiger charge is -2.08. The highest BCUT2D eigenvalue weighted by molar-refractivity contribution is 7.98. The third kappa shape index (κ3) is 3.14. The molecule has 0 aliphatic carbocycles. The van der Waals surface area contributed by atoms with Crippen LogP contribution in [-0.4, -0.2) is 30.8 Å². The molecule has 0 unspecified atom stereocenters. The van der Waals surface area contributed by atoms with Crippen LogP contribution in [0.25, 0.3) is 5.95 Å². The van der Waals surface area contributed by atoms with Crippen LogP contribution in [0.1, 0.15) is 0 Å². The fourth-order valence-corrected chi connectivity index (χ4v) is 2.34. The fourth-order valence-electron chi connectivity index (χ4n) is 1.66. The average Bonchev–Trinajstić information content (AvgIpc) is 3.01. The zero-order valence-electron chi connectivity index (χ0n) is 11.0. The van der Waals surface area contributed by atoms with Crippen molar-refractivity contribution < 1.29 is 4.74 Å². The molecule has 0 saturated heterocycles. The Balaban J connectivity index is 1.96. The van der Waals surface area contributed by atoms with Gasteiger partial charge < -0.3 is 4.74 Å². The molecule has 8 heteroatoms. The summed E-state index contributed by atoms with van der Waals surface area (Å²) in [7, 11) is 0. The average molecular weight is 320 g/mol. The van der Waals surface area contributed by atoms with E-state index in [1.807, 2.05) is 30.5 Å². The number of thioether (sulfide) groups is 1. The van der Waals surface area contributed by atoms with Gasteiger partial charge in [-0.3, -0.25) is 4.57 Å². The summed E-state index contributed by atoms with van der Waals surface area (Å²) in [5, 5.41) is 0.0605. The lowest BCUT2D eigenvalue weighted by atomic mass is 10.3. The molecule has 0 N–H and O–H groups in total. The van der Waals surface area contributed by atoms with Crippen LogP contribution in [0.3, 0.4) is 0 Å². The number of benzene rings is 1. The van der Waals surface area contributed by atoms with E-state index >= 15 is 0 Å². The lowest BCUT2D eigenvalue weighted by Crippen LogP contribution is -2.03. The smallest absolute Gasteiger partial charge is 0.328 e. The monoisotopic (exact) mass is 319 g/mol. The number of rotatable bonds is 4. The van der Waals surface area contributed by atoms with E-state index in [9.17, 15) is 0 Å². The Morgan fingerprint density at radius 2 is 2.05 bits per heavy atom. The SMILES string of the molecule is CSc1ccccc1Oc1nc(Cl)nc(-n2ccnc2)n1. The van der Waals surface area contributed by atoms with Crippen molar-refractivity contribution >= 4 is 23.4 Å². The quantitative estimate of drug-likeness (QED) is 0.688. The van der Waals surface area contributed by atoms with E-state index in [2.05, 4.69) is 19.9 Å². The van der Waals surface area contributed by atoms with Gasteiger partial charge in [0.15, 0.2) is 0 Å². The maximum atomic E-state index is 5.93. The van der Waals surface area contributed by atoms with Gasteiger partial charge in [-0.05, 0) is 30.0 Å². The van der Waals surface area contributed by atoms with Crippen LogP contribution in [-0.2, 0) is 0 Å². The van der Waals surface area contributed by atoms with Crippen LogP contribution < -0.4 is 4.74 Å². The van der Waals surface area contributed by atoms with Crippen molar-refractivity contribution in [2.45, 2.75) is 4.90 Å². The minimum absolute atomic E-state index is 0.0605. The van der Waals surface area contributed by atoms with Crippen molar-refractivity contribution in [1.29, 1.82) is 0 Å². The molecule has 0 fully saturated rings. The minimum atomic E-state index is 0.0605. The first-order chi connectivity index (χ1) is 10.3. The Morgan fingerprint density at radius 3 is 2.81 bits per heavy atom. The van der Waals surface area contributed by atoms with Crippen molar-refractivity contribution in [1.82, 2.24) is 24.5 Å². The molecule has 3 aromatic rings. The first-order valence-corrected chi connectivity index (χ1v) is 7.57. The number of ether oxygens (including phenoxy) is 1. The molecule has 0 aliphatic heterocycles. The maximum Gasteiger partial charge on any atom is 0.328 e. The second-order valence-electron chi connectivity index (χ2n) is 3.91. The number of hydrogen-bond acceptors (Lipinski definition) is 6. The van der Waals surface area contributed by atoms with Crippen molar-refractivity contribution in [3.8, 4) is 17.7 Å². The Labute approximate surface area is 130 Å². The molecule has 21 heavy (non-hydrogen) atoms. The van der Waals surface area contributed by atoms with Gasteiger partial charge in [0, 0.05) is 17.3 Å². The number of imidazole rings is 1. The predicted octanol–water partition coefficient (Wildman–Crippen LogP) is 3.22. The Hall–Kier alpha value is -2.12. The zero-order chi connectivity index (χ0) is 14.7. The van der Waals surface area contributed by atoms with Crippen LogP contribution >= 0.6 is 23.4 Å². The molecule has 0 saturated carbocycles. The summed E-state index contributed by atoms with van der Waals surface area (Å²) in [6.07, 6.45) is 6.89. The van der Waals surface area contributed by atoms with Crippen LogP contribution in [0.5, 0.6) is 11.8 Å². The van der Waals surface area contributed by atoms with E-state index in [4.69, 9.17) is 16.3 Å². The lowest BCUT2D eigenvalue weighted by molar-refractivity contribution is 0.428. The van der Waals surface area contributed by atoms with E-state index < -0.39 is 0 Å². The molecule has 0 bridgehead atoms. The molecule has 2 heterocycles. The van der Waals surface area contributed by atoms with Gasteiger partial charge in [0.1, 0.15) is 12.1 Å². The molecule has 0 amide bonds. The number of halogens is 1. The predicted molar refractivity (Wildman–Crippen MR) is 80.3 cm³/mol. The van der Waals surface area contributed by atoms with Gasteiger partial charge in [-0.15, -0.1) is 11.8 Å². The Morgan fingerprint density at radius 1 is 1.19 bits per heavy atom. The molecule has 0 aliphatic rings.